The van der Waals surface area contributed by atoms with Gasteiger partial charge in [-0.1, -0.05) is 18.2 Å². The van der Waals surface area contributed by atoms with E-state index in [-0.39, 0.29) is 0 Å². The molecule has 2 aromatic rings. The maximum absolute atomic E-state index is 11.9. The van der Waals surface area contributed by atoms with Crippen LogP contribution in [0, 0.1) is 0 Å². The number of carbonyl (C=O) groups is 1. The predicted molar refractivity (Wildman–Crippen MR) is 71.7 cm³/mol. The Morgan fingerprint density at radius 3 is 3.05 bits per heavy atom. The highest BCUT2D eigenvalue weighted by Gasteiger charge is 2.45. The molecule has 1 N–H and O–H groups in total. The second-order valence-electron chi connectivity index (χ2n) is 4.64. The number of fused-ring (bicyclic) bond motifs is 1. The van der Waals surface area contributed by atoms with Crippen molar-refractivity contribution in [2.45, 2.75) is 18.3 Å². The summed E-state index contributed by atoms with van der Waals surface area (Å²) in [7, 11) is 0. The Bertz CT molecular complexity index is 596. The zero-order valence-corrected chi connectivity index (χ0v) is 11.0. The van der Waals surface area contributed by atoms with Crippen LogP contribution in [0.15, 0.2) is 35.2 Å². The highest BCUT2D eigenvalue weighted by atomic mass is 32.1. The maximum atomic E-state index is 11.9. The molecule has 1 atom stereocenters. The number of aromatic nitrogens is 1. The van der Waals surface area contributed by atoms with Crippen molar-refractivity contribution in [3.05, 3.63) is 46.4 Å². The molecule has 0 bridgehead atoms. The standard InChI is InChI=1S/C14H13NO3S/c16-13(17)14(7-10-8-19-9-15-10)5-6-18-12-4-2-1-3-11(12)14/h1-4,8-9H,5-7H2,(H,16,17). The number of carboxylic acid groups (broad SMARTS) is 1. The third-order valence-electron chi connectivity index (χ3n) is 3.56. The first-order valence-corrected chi connectivity index (χ1v) is 6.99. The molecular formula is C14H13NO3S. The molecule has 1 aromatic carbocycles. The van der Waals surface area contributed by atoms with Gasteiger partial charge >= 0.3 is 5.97 Å². The Hall–Kier alpha value is -1.88. The minimum atomic E-state index is -0.928. The Kier molecular flexibility index (Phi) is 2.98. The average molecular weight is 275 g/mol. The molecular weight excluding hydrogens is 262 g/mol. The molecule has 19 heavy (non-hydrogen) atoms. The molecule has 2 heterocycles. The summed E-state index contributed by atoms with van der Waals surface area (Å²) >= 11 is 1.48. The second kappa shape index (κ2) is 4.66. The van der Waals surface area contributed by atoms with Crippen LogP contribution < -0.4 is 4.74 Å². The highest BCUT2D eigenvalue weighted by molar-refractivity contribution is 7.07. The first kappa shape index (κ1) is 12.2. The molecule has 1 aliphatic rings. The number of hydrogen-bond acceptors (Lipinski definition) is 4. The predicted octanol–water partition coefficient (Wildman–Crippen LogP) is 2.49. The molecule has 1 aliphatic heterocycles. The van der Waals surface area contributed by atoms with E-state index in [9.17, 15) is 9.90 Å². The minimum absolute atomic E-state index is 0.409. The number of aliphatic carboxylic acids is 1. The van der Waals surface area contributed by atoms with Crippen LogP contribution in [-0.4, -0.2) is 22.7 Å². The lowest BCUT2D eigenvalue weighted by Crippen LogP contribution is -2.42. The van der Waals surface area contributed by atoms with Crippen molar-refractivity contribution in [2.75, 3.05) is 6.61 Å². The van der Waals surface area contributed by atoms with E-state index in [1.165, 1.54) is 11.3 Å². The SMILES string of the molecule is O=C(O)C1(Cc2cscn2)CCOc2ccccc21. The quantitative estimate of drug-likeness (QED) is 0.935. The van der Waals surface area contributed by atoms with Gasteiger partial charge < -0.3 is 9.84 Å². The average Bonchev–Trinajstić information content (AvgIpc) is 2.91. The lowest BCUT2D eigenvalue weighted by atomic mass is 9.73. The van der Waals surface area contributed by atoms with Gasteiger partial charge in [0.15, 0.2) is 0 Å². The lowest BCUT2D eigenvalue weighted by molar-refractivity contribution is -0.145. The fraction of sp³-hybridized carbons (Fsp3) is 0.286. The largest absolute Gasteiger partial charge is 0.493 e. The fourth-order valence-electron chi connectivity index (χ4n) is 2.57. The van der Waals surface area contributed by atoms with Gasteiger partial charge in [0.1, 0.15) is 11.2 Å². The smallest absolute Gasteiger partial charge is 0.314 e. The number of nitrogens with zero attached hydrogens (tertiary/aromatic N) is 1. The van der Waals surface area contributed by atoms with Crippen molar-refractivity contribution >= 4 is 17.3 Å². The maximum Gasteiger partial charge on any atom is 0.314 e. The number of thiazole rings is 1. The van der Waals surface area contributed by atoms with Gasteiger partial charge in [-0.2, -0.15) is 0 Å². The number of benzene rings is 1. The van der Waals surface area contributed by atoms with E-state index in [0.717, 1.165) is 11.3 Å². The third-order valence-corrected chi connectivity index (χ3v) is 4.20. The van der Waals surface area contributed by atoms with E-state index in [2.05, 4.69) is 4.98 Å². The van der Waals surface area contributed by atoms with Crippen LogP contribution in [-0.2, 0) is 16.6 Å². The van der Waals surface area contributed by atoms with Crippen molar-refractivity contribution < 1.29 is 14.6 Å². The first-order valence-electron chi connectivity index (χ1n) is 6.05. The summed E-state index contributed by atoms with van der Waals surface area (Å²) in [5.41, 5.74) is 2.38. The van der Waals surface area contributed by atoms with Gasteiger partial charge in [-0.05, 0) is 6.07 Å². The summed E-state index contributed by atoms with van der Waals surface area (Å²) in [5, 5.41) is 11.7. The zero-order chi connectivity index (χ0) is 13.3. The second-order valence-corrected chi connectivity index (χ2v) is 5.36. The number of carboxylic acids is 1. The summed E-state index contributed by atoms with van der Waals surface area (Å²) in [6, 6.07) is 7.38. The fourth-order valence-corrected chi connectivity index (χ4v) is 3.13. The molecule has 0 spiro atoms. The zero-order valence-electron chi connectivity index (χ0n) is 10.2. The van der Waals surface area contributed by atoms with E-state index < -0.39 is 11.4 Å². The third kappa shape index (κ3) is 2.00. The summed E-state index contributed by atoms with van der Waals surface area (Å²) in [4.78, 5) is 16.1. The van der Waals surface area contributed by atoms with Gasteiger partial charge in [0, 0.05) is 23.8 Å². The molecule has 1 unspecified atom stereocenters. The van der Waals surface area contributed by atoms with Crippen molar-refractivity contribution in [1.82, 2.24) is 4.98 Å². The molecule has 0 saturated heterocycles. The van der Waals surface area contributed by atoms with Crippen LogP contribution in [0.2, 0.25) is 0 Å². The van der Waals surface area contributed by atoms with Crippen molar-refractivity contribution in [1.29, 1.82) is 0 Å². The molecule has 98 valence electrons. The van der Waals surface area contributed by atoms with Gasteiger partial charge in [-0.3, -0.25) is 4.79 Å². The lowest BCUT2D eigenvalue weighted by Gasteiger charge is -2.34. The molecule has 0 fully saturated rings. The summed E-state index contributed by atoms with van der Waals surface area (Å²) in [6.45, 7) is 0.424. The molecule has 1 aromatic heterocycles. The van der Waals surface area contributed by atoms with Gasteiger partial charge in [0.05, 0.1) is 17.8 Å². The molecule has 5 heteroatoms. The molecule has 0 aliphatic carbocycles. The Balaban J connectivity index is 2.09. The normalized spacial score (nSPS) is 21.5. The van der Waals surface area contributed by atoms with E-state index in [0.29, 0.717) is 25.2 Å². The topological polar surface area (TPSA) is 59.4 Å². The highest BCUT2D eigenvalue weighted by Crippen LogP contribution is 2.41. The number of rotatable bonds is 3. The molecule has 4 nitrogen and oxygen atoms in total. The number of para-hydroxylation sites is 1. The molecule has 0 radical (unpaired) electrons. The number of hydrogen-bond donors (Lipinski definition) is 1. The Morgan fingerprint density at radius 2 is 2.32 bits per heavy atom. The van der Waals surface area contributed by atoms with Crippen LogP contribution in [0.5, 0.6) is 5.75 Å². The van der Waals surface area contributed by atoms with Crippen molar-refractivity contribution in [3.8, 4) is 5.75 Å². The molecule has 0 amide bonds. The van der Waals surface area contributed by atoms with Gasteiger partial charge in [-0.15, -0.1) is 11.3 Å². The van der Waals surface area contributed by atoms with Crippen LogP contribution in [0.3, 0.4) is 0 Å². The summed E-state index contributed by atoms with van der Waals surface area (Å²) in [5.74, 6) is -0.136. The van der Waals surface area contributed by atoms with Crippen LogP contribution in [0.1, 0.15) is 17.7 Å². The Morgan fingerprint density at radius 1 is 1.47 bits per heavy atom. The van der Waals surface area contributed by atoms with E-state index in [1.54, 1.807) is 5.51 Å². The molecule has 0 saturated carbocycles. The molecule has 3 rings (SSSR count). The number of ether oxygens (including phenoxy) is 1. The van der Waals surface area contributed by atoms with Crippen LogP contribution >= 0.6 is 11.3 Å². The van der Waals surface area contributed by atoms with Crippen LogP contribution in [0.4, 0.5) is 0 Å². The van der Waals surface area contributed by atoms with Crippen molar-refractivity contribution in [2.24, 2.45) is 0 Å². The van der Waals surface area contributed by atoms with Gasteiger partial charge in [-0.25, -0.2) is 4.98 Å². The van der Waals surface area contributed by atoms with Gasteiger partial charge in [0.2, 0.25) is 0 Å². The van der Waals surface area contributed by atoms with Crippen LogP contribution in [0.25, 0.3) is 0 Å². The summed E-state index contributed by atoms with van der Waals surface area (Å²) < 4.78 is 5.57. The van der Waals surface area contributed by atoms with E-state index in [4.69, 9.17) is 4.74 Å². The van der Waals surface area contributed by atoms with Gasteiger partial charge in [0.25, 0.3) is 0 Å². The van der Waals surface area contributed by atoms with E-state index in [1.807, 2.05) is 29.6 Å². The van der Waals surface area contributed by atoms with E-state index >= 15 is 0 Å². The minimum Gasteiger partial charge on any atom is -0.493 e. The Labute approximate surface area is 114 Å². The van der Waals surface area contributed by atoms with Crippen molar-refractivity contribution in [3.63, 3.8) is 0 Å². The monoisotopic (exact) mass is 275 g/mol. The summed E-state index contributed by atoms with van der Waals surface area (Å²) in [6.07, 6.45) is 0.878. The first-order chi connectivity index (χ1) is 9.22.